The first-order valence-corrected chi connectivity index (χ1v) is 14.0. The molecule has 9 heteroatoms. The van der Waals surface area contributed by atoms with Crippen LogP contribution < -0.4 is 5.32 Å². The van der Waals surface area contributed by atoms with Crippen molar-refractivity contribution in [2.75, 3.05) is 13.1 Å². The van der Waals surface area contributed by atoms with Gasteiger partial charge in [-0.05, 0) is 50.3 Å². The maximum absolute atomic E-state index is 13.5. The largest absolute Gasteiger partial charge is 0.481 e. The first-order chi connectivity index (χ1) is 17.3. The standard InChI is InChI=1S/C28H40N2O6S/c1-20(2)16-17-30(37(35,36)23-14-10-7-11-15-23)19-25(31)24(18-22-12-8-6-9-13-22)29-26(32)21(3)28(4,5)27(33)34/h6-15,20-21,24-25,31H,16-19H2,1-5H3,(H,29,32)(H,33,34)/t21?,24-,25+/m0/s1. The number of hydrogen-bond donors (Lipinski definition) is 3. The molecule has 0 radical (unpaired) electrons. The van der Waals surface area contributed by atoms with Crippen LogP contribution in [0.25, 0.3) is 0 Å². The van der Waals surface area contributed by atoms with E-state index in [1.165, 1.54) is 37.2 Å². The SMILES string of the molecule is CC(C)CCN(C[C@@H](O)[C@H](Cc1ccccc1)NC(=O)C(C)C(C)(C)C(=O)O)S(=O)(=O)c1ccccc1. The van der Waals surface area contributed by atoms with Crippen molar-refractivity contribution in [1.82, 2.24) is 9.62 Å². The fourth-order valence-corrected chi connectivity index (χ4v) is 5.26. The first kappa shape index (κ1) is 30.5. The van der Waals surface area contributed by atoms with E-state index in [4.69, 9.17) is 0 Å². The number of carboxylic acids is 1. The van der Waals surface area contributed by atoms with Gasteiger partial charge in [0.2, 0.25) is 15.9 Å². The minimum Gasteiger partial charge on any atom is -0.481 e. The molecule has 2 aromatic rings. The molecular weight excluding hydrogens is 492 g/mol. The highest BCUT2D eigenvalue weighted by Gasteiger charge is 2.40. The monoisotopic (exact) mass is 532 g/mol. The van der Waals surface area contributed by atoms with Crippen LogP contribution in [0.15, 0.2) is 65.6 Å². The van der Waals surface area contributed by atoms with E-state index >= 15 is 0 Å². The summed E-state index contributed by atoms with van der Waals surface area (Å²) < 4.78 is 28.2. The van der Waals surface area contributed by atoms with Crippen molar-refractivity contribution in [3.63, 3.8) is 0 Å². The Morgan fingerprint density at radius 2 is 1.51 bits per heavy atom. The summed E-state index contributed by atoms with van der Waals surface area (Å²) in [5.74, 6) is -2.28. The molecule has 1 unspecified atom stereocenters. The van der Waals surface area contributed by atoms with E-state index in [1.54, 1.807) is 18.2 Å². The maximum Gasteiger partial charge on any atom is 0.309 e. The molecule has 0 aliphatic rings. The van der Waals surface area contributed by atoms with Gasteiger partial charge < -0.3 is 15.5 Å². The van der Waals surface area contributed by atoms with Crippen LogP contribution in [0, 0.1) is 17.3 Å². The number of rotatable bonds is 14. The fraction of sp³-hybridized carbons (Fsp3) is 0.500. The van der Waals surface area contributed by atoms with Crippen molar-refractivity contribution in [3.8, 4) is 0 Å². The third kappa shape index (κ3) is 8.38. The van der Waals surface area contributed by atoms with E-state index < -0.39 is 45.4 Å². The van der Waals surface area contributed by atoms with Gasteiger partial charge >= 0.3 is 5.97 Å². The van der Waals surface area contributed by atoms with Crippen LogP contribution in [0.4, 0.5) is 0 Å². The van der Waals surface area contributed by atoms with Gasteiger partial charge in [-0.3, -0.25) is 9.59 Å². The molecule has 37 heavy (non-hydrogen) atoms. The van der Waals surface area contributed by atoms with E-state index in [0.717, 1.165) is 5.56 Å². The van der Waals surface area contributed by atoms with Crippen LogP contribution in [-0.4, -0.2) is 60.0 Å². The molecule has 0 aliphatic heterocycles. The molecule has 8 nitrogen and oxygen atoms in total. The number of amides is 1. The zero-order chi connectivity index (χ0) is 27.8. The molecule has 0 saturated carbocycles. The van der Waals surface area contributed by atoms with Crippen molar-refractivity contribution < 1.29 is 28.2 Å². The Labute approximate surface area is 220 Å². The summed E-state index contributed by atoms with van der Waals surface area (Å²) in [6.45, 7) is 8.45. The zero-order valence-corrected chi connectivity index (χ0v) is 23.1. The van der Waals surface area contributed by atoms with E-state index in [2.05, 4.69) is 5.32 Å². The number of hydrogen-bond acceptors (Lipinski definition) is 5. The average molecular weight is 533 g/mol. The number of aliphatic carboxylic acids is 1. The number of aliphatic hydroxyl groups is 1. The number of carbonyl (C=O) groups excluding carboxylic acids is 1. The van der Waals surface area contributed by atoms with Crippen LogP contribution in [0.2, 0.25) is 0 Å². The van der Waals surface area contributed by atoms with Gasteiger partial charge in [0, 0.05) is 13.1 Å². The Kier molecular flexibility index (Phi) is 10.8. The number of nitrogens with one attached hydrogen (secondary N) is 1. The summed E-state index contributed by atoms with van der Waals surface area (Å²) in [7, 11) is -3.89. The molecule has 0 bridgehead atoms. The first-order valence-electron chi connectivity index (χ1n) is 12.6. The minimum absolute atomic E-state index is 0.131. The number of carbonyl (C=O) groups is 2. The molecule has 1 amide bonds. The third-order valence-electron chi connectivity index (χ3n) is 6.85. The van der Waals surface area contributed by atoms with Gasteiger partial charge in [0.15, 0.2) is 0 Å². The summed E-state index contributed by atoms with van der Waals surface area (Å²) in [6, 6.07) is 16.5. The molecule has 0 spiro atoms. The van der Waals surface area contributed by atoms with Crippen LogP contribution >= 0.6 is 0 Å². The molecule has 3 atom stereocenters. The average Bonchev–Trinajstić information content (AvgIpc) is 2.86. The van der Waals surface area contributed by atoms with Gasteiger partial charge in [0.25, 0.3) is 0 Å². The molecule has 3 N–H and O–H groups in total. The quantitative estimate of drug-likeness (QED) is 0.342. The predicted molar refractivity (Wildman–Crippen MR) is 143 cm³/mol. The molecule has 2 rings (SSSR count). The molecule has 204 valence electrons. The highest BCUT2D eigenvalue weighted by Crippen LogP contribution is 2.27. The van der Waals surface area contributed by atoms with E-state index in [0.29, 0.717) is 6.42 Å². The highest BCUT2D eigenvalue weighted by atomic mass is 32.2. The van der Waals surface area contributed by atoms with E-state index in [9.17, 15) is 28.2 Å². The van der Waals surface area contributed by atoms with E-state index in [1.807, 2.05) is 44.2 Å². The fourth-order valence-electron chi connectivity index (χ4n) is 3.76. The van der Waals surface area contributed by atoms with Crippen molar-refractivity contribution in [2.24, 2.45) is 17.3 Å². The Bertz CT molecular complexity index is 1120. The lowest BCUT2D eigenvalue weighted by Crippen LogP contribution is -2.53. The van der Waals surface area contributed by atoms with Gasteiger partial charge in [-0.1, -0.05) is 69.3 Å². The number of carboxylic acid groups (broad SMARTS) is 1. The molecule has 0 fully saturated rings. The Morgan fingerprint density at radius 1 is 0.973 bits per heavy atom. The predicted octanol–water partition coefficient (Wildman–Crippen LogP) is 3.56. The number of benzene rings is 2. The number of sulfonamides is 1. The van der Waals surface area contributed by atoms with Gasteiger partial charge in [-0.25, -0.2) is 8.42 Å². The van der Waals surface area contributed by atoms with Crippen LogP contribution in [-0.2, 0) is 26.0 Å². The van der Waals surface area contributed by atoms with Crippen LogP contribution in [0.1, 0.15) is 46.6 Å². The van der Waals surface area contributed by atoms with Crippen molar-refractivity contribution in [3.05, 3.63) is 66.2 Å². The molecule has 0 aromatic heterocycles. The topological polar surface area (TPSA) is 124 Å². The van der Waals surface area contributed by atoms with Crippen LogP contribution in [0.5, 0.6) is 0 Å². The Hall–Kier alpha value is -2.75. The summed E-state index contributed by atoms with van der Waals surface area (Å²) in [5, 5.41) is 23.7. The lowest BCUT2D eigenvalue weighted by atomic mass is 9.79. The Morgan fingerprint density at radius 3 is 2.03 bits per heavy atom. The normalized spacial score (nSPS) is 14.8. The molecule has 0 heterocycles. The maximum atomic E-state index is 13.5. The lowest BCUT2D eigenvalue weighted by Gasteiger charge is -2.32. The van der Waals surface area contributed by atoms with Crippen molar-refractivity contribution in [1.29, 1.82) is 0 Å². The molecular formula is C28H40N2O6S. The zero-order valence-electron chi connectivity index (χ0n) is 22.3. The third-order valence-corrected chi connectivity index (χ3v) is 8.72. The second-order valence-electron chi connectivity index (χ2n) is 10.5. The summed E-state index contributed by atoms with van der Waals surface area (Å²) in [5.41, 5.74) is -0.483. The summed E-state index contributed by atoms with van der Waals surface area (Å²) in [4.78, 5) is 24.9. The molecule has 0 saturated heterocycles. The lowest BCUT2D eigenvalue weighted by molar-refractivity contribution is -0.153. The smallest absolute Gasteiger partial charge is 0.309 e. The Balaban J connectivity index is 2.35. The van der Waals surface area contributed by atoms with Crippen LogP contribution in [0.3, 0.4) is 0 Å². The van der Waals surface area contributed by atoms with Gasteiger partial charge in [-0.15, -0.1) is 0 Å². The van der Waals surface area contributed by atoms with Gasteiger partial charge in [-0.2, -0.15) is 4.31 Å². The number of nitrogens with zero attached hydrogens (tertiary/aromatic N) is 1. The highest BCUT2D eigenvalue weighted by molar-refractivity contribution is 7.89. The minimum atomic E-state index is -3.89. The van der Waals surface area contributed by atoms with Crippen molar-refractivity contribution >= 4 is 21.9 Å². The summed E-state index contributed by atoms with van der Waals surface area (Å²) in [6.07, 6.45) is -0.398. The van der Waals surface area contributed by atoms with Crippen molar-refractivity contribution in [2.45, 2.75) is 64.5 Å². The molecule has 2 aromatic carbocycles. The van der Waals surface area contributed by atoms with E-state index in [-0.39, 0.29) is 30.3 Å². The second-order valence-corrected chi connectivity index (χ2v) is 12.4. The van der Waals surface area contributed by atoms with Gasteiger partial charge in [0.1, 0.15) is 0 Å². The summed E-state index contributed by atoms with van der Waals surface area (Å²) >= 11 is 0. The molecule has 0 aliphatic carbocycles. The van der Waals surface area contributed by atoms with Gasteiger partial charge in [0.05, 0.1) is 28.4 Å². The second kappa shape index (κ2) is 13.2. The number of aliphatic hydroxyl groups excluding tert-OH is 1.